The van der Waals surface area contributed by atoms with Crippen LogP contribution in [0.1, 0.15) is 34.0 Å². The lowest BCUT2D eigenvalue weighted by atomic mass is 10.1. The molecule has 0 spiro atoms. The van der Waals surface area contributed by atoms with E-state index in [9.17, 15) is 9.18 Å². The molecular weight excluding hydrogens is 546 g/mol. The Kier molecular flexibility index (Phi) is 8.46. The fourth-order valence-electron chi connectivity index (χ4n) is 2.77. The first kappa shape index (κ1) is 24.0. The number of hydrogen-bond donors (Lipinski definition) is 1. The average molecular weight is 567 g/mol. The van der Waals surface area contributed by atoms with Gasteiger partial charge in [0.1, 0.15) is 12.4 Å². The van der Waals surface area contributed by atoms with Gasteiger partial charge in [-0.25, -0.2) is 9.82 Å². The van der Waals surface area contributed by atoms with Crippen molar-refractivity contribution in [2.24, 2.45) is 5.10 Å². The molecule has 0 saturated heterocycles. The second kappa shape index (κ2) is 11.3. The van der Waals surface area contributed by atoms with Crippen LogP contribution in [0.15, 0.2) is 59.7 Å². The van der Waals surface area contributed by atoms with E-state index in [1.165, 1.54) is 18.3 Å². The Morgan fingerprint density at radius 1 is 1.16 bits per heavy atom. The van der Waals surface area contributed by atoms with Gasteiger partial charge in [-0.2, -0.15) is 5.10 Å². The molecule has 0 bridgehead atoms. The third-order valence-electron chi connectivity index (χ3n) is 4.44. The maximum absolute atomic E-state index is 13.1. The number of aryl methyl sites for hydroxylation is 1. The van der Waals surface area contributed by atoms with Crippen LogP contribution in [0.3, 0.4) is 0 Å². The van der Waals surface area contributed by atoms with E-state index in [0.29, 0.717) is 28.7 Å². The largest absolute Gasteiger partial charge is 0.490 e. The number of carbonyl (C=O) groups excluding carboxylic acids is 1. The van der Waals surface area contributed by atoms with Crippen LogP contribution in [-0.4, -0.2) is 18.7 Å². The van der Waals surface area contributed by atoms with Crippen molar-refractivity contribution in [1.29, 1.82) is 0 Å². The number of benzene rings is 3. The molecule has 0 aliphatic heterocycles. The standard InChI is InChI=1S/C24H21ClFIN2O3/c1-3-31-22-11-17(13-28-29-24(30)18-7-4-15(2)20(25)12-18)10-21(27)23(22)32-14-16-5-8-19(26)9-6-16/h4-13H,3,14H2,1-2H3,(H,29,30)/b28-13-. The van der Waals surface area contributed by atoms with Crippen molar-refractivity contribution in [3.63, 3.8) is 0 Å². The molecule has 0 aliphatic rings. The highest BCUT2D eigenvalue weighted by atomic mass is 127. The summed E-state index contributed by atoms with van der Waals surface area (Å²) in [5, 5.41) is 4.56. The van der Waals surface area contributed by atoms with Crippen LogP contribution in [0.5, 0.6) is 11.5 Å². The molecule has 0 unspecified atom stereocenters. The van der Waals surface area contributed by atoms with Crippen LogP contribution in [0.4, 0.5) is 4.39 Å². The highest BCUT2D eigenvalue weighted by Crippen LogP contribution is 2.34. The maximum Gasteiger partial charge on any atom is 0.271 e. The molecule has 0 atom stereocenters. The predicted molar refractivity (Wildman–Crippen MR) is 132 cm³/mol. The van der Waals surface area contributed by atoms with Gasteiger partial charge in [-0.3, -0.25) is 4.79 Å². The minimum Gasteiger partial charge on any atom is -0.490 e. The first-order chi connectivity index (χ1) is 15.4. The van der Waals surface area contributed by atoms with E-state index in [2.05, 4.69) is 33.1 Å². The molecule has 32 heavy (non-hydrogen) atoms. The summed E-state index contributed by atoms with van der Waals surface area (Å²) in [7, 11) is 0. The van der Waals surface area contributed by atoms with Gasteiger partial charge < -0.3 is 9.47 Å². The molecule has 3 aromatic carbocycles. The van der Waals surface area contributed by atoms with Crippen LogP contribution in [0.25, 0.3) is 0 Å². The van der Waals surface area contributed by atoms with Gasteiger partial charge in [0, 0.05) is 10.6 Å². The Morgan fingerprint density at radius 3 is 2.59 bits per heavy atom. The number of hydrogen-bond acceptors (Lipinski definition) is 4. The molecular formula is C24H21ClFIN2O3. The molecule has 1 amide bonds. The second-order valence-corrected chi connectivity index (χ2v) is 8.41. The topological polar surface area (TPSA) is 59.9 Å². The van der Waals surface area contributed by atoms with Gasteiger partial charge in [-0.1, -0.05) is 29.8 Å². The number of nitrogens with zero attached hydrogens (tertiary/aromatic N) is 1. The molecule has 8 heteroatoms. The fraction of sp³-hybridized carbons (Fsp3) is 0.167. The lowest BCUT2D eigenvalue weighted by molar-refractivity contribution is 0.0955. The summed E-state index contributed by atoms with van der Waals surface area (Å²) in [6, 6.07) is 14.9. The quantitative estimate of drug-likeness (QED) is 0.203. The van der Waals surface area contributed by atoms with Gasteiger partial charge in [0.05, 0.1) is 16.4 Å². The third kappa shape index (κ3) is 6.43. The third-order valence-corrected chi connectivity index (χ3v) is 5.65. The highest BCUT2D eigenvalue weighted by molar-refractivity contribution is 14.1. The smallest absolute Gasteiger partial charge is 0.271 e. The Hall–Kier alpha value is -2.65. The zero-order valence-electron chi connectivity index (χ0n) is 17.5. The summed E-state index contributed by atoms with van der Waals surface area (Å²) in [4.78, 5) is 12.3. The van der Waals surface area contributed by atoms with E-state index in [1.54, 1.807) is 36.4 Å². The SMILES string of the molecule is CCOc1cc(/C=N\NC(=O)c2ccc(C)c(Cl)c2)cc(I)c1OCc1ccc(F)cc1. The summed E-state index contributed by atoms with van der Waals surface area (Å²) < 4.78 is 25.6. The highest BCUT2D eigenvalue weighted by Gasteiger charge is 2.13. The number of ether oxygens (including phenoxy) is 2. The predicted octanol–water partition coefficient (Wildman–Crippen LogP) is 6.13. The summed E-state index contributed by atoms with van der Waals surface area (Å²) in [6.07, 6.45) is 1.53. The Bertz CT molecular complexity index is 1140. The van der Waals surface area contributed by atoms with Gasteiger partial charge in [-0.05, 0) is 89.5 Å². The van der Waals surface area contributed by atoms with E-state index in [-0.39, 0.29) is 18.3 Å². The Labute approximate surface area is 204 Å². The summed E-state index contributed by atoms with van der Waals surface area (Å²) >= 11 is 8.23. The Morgan fingerprint density at radius 2 is 1.91 bits per heavy atom. The van der Waals surface area contributed by atoms with E-state index < -0.39 is 0 Å². The molecule has 3 aromatic rings. The van der Waals surface area contributed by atoms with Crippen LogP contribution in [0, 0.1) is 16.3 Å². The minimum atomic E-state index is -0.359. The summed E-state index contributed by atoms with van der Waals surface area (Å²) in [5.74, 6) is 0.494. The van der Waals surface area contributed by atoms with E-state index in [1.807, 2.05) is 19.9 Å². The van der Waals surface area contributed by atoms with Gasteiger partial charge >= 0.3 is 0 Å². The van der Waals surface area contributed by atoms with Crippen molar-refractivity contribution in [3.8, 4) is 11.5 Å². The van der Waals surface area contributed by atoms with Crippen molar-refractivity contribution in [3.05, 3.63) is 91.3 Å². The van der Waals surface area contributed by atoms with Crippen molar-refractivity contribution in [1.82, 2.24) is 5.43 Å². The van der Waals surface area contributed by atoms with Crippen LogP contribution < -0.4 is 14.9 Å². The zero-order chi connectivity index (χ0) is 23.1. The summed E-state index contributed by atoms with van der Waals surface area (Å²) in [5.41, 5.74) is 5.39. The number of amides is 1. The maximum atomic E-state index is 13.1. The first-order valence-corrected chi connectivity index (χ1v) is 11.3. The second-order valence-electron chi connectivity index (χ2n) is 6.84. The average Bonchev–Trinajstić information content (AvgIpc) is 2.76. The molecule has 0 heterocycles. The van der Waals surface area contributed by atoms with E-state index >= 15 is 0 Å². The number of rotatable bonds is 8. The monoisotopic (exact) mass is 566 g/mol. The molecule has 0 radical (unpaired) electrons. The van der Waals surface area contributed by atoms with Gasteiger partial charge in [-0.15, -0.1) is 0 Å². The zero-order valence-corrected chi connectivity index (χ0v) is 20.4. The number of halogens is 3. The normalized spacial score (nSPS) is 10.9. The number of hydrazone groups is 1. The fourth-order valence-corrected chi connectivity index (χ4v) is 3.73. The van der Waals surface area contributed by atoms with Crippen LogP contribution >= 0.6 is 34.2 Å². The molecule has 0 aromatic heterocycles. The van der Waals surface area contributed by atoms with Gasteiger partial charge in [0.25, 0.3) is 5.91 Å². The van der Waals surface area contributed by atoms with Crippen molar-refractivity contribution >= 4 is 46.3 Å². The van der Waals surface area contributed by atoms with Crippen molar-refractivity contribution in [2.75, 3.05) is 6.61 Å². The minimum absolute atomic E-state index is 0.277. The Balaban J connectivity index is 1.71. The summed E-state index contributed by atoms with van der Waals surface area (Å²) in [6.45, 7) is 4.48. The molecule has 3 rings (SSSR count). The lowest BCUT2D eigenvalue weighted by Crippen LogP contribution is -2.17. The molecule has 0 aliphatic carbocycles. The molecule has 0 fully saturated rings. The lowest BCUT2D eigenvalue weighted by Gasteiger charge is -2.14. The van der Waals surface area contributed by atoms with Crippen LogP contribution in [0.2, 0.25) is 5.02 Å². The number of nitrogens with one attached hydrogen (secondary N) is 1. The van der Waals surface area contributed by atoms with Gasteiger partial charge in [0.15, 0.2) is 11.5 Å². The van der Waals surface area contributed by atoms with Crippen molar-refractivity contribution in [2.45, 2.75) is 20.5 Å². The van der Waals surface area contributed by atoms with Crippen molar-refractivity contribution < 1.29 is 18.7 Å². The molecule has 1 N–H and O–H groups in total. The van der Waals surface area contributed by atoms with E-state index in [4.69, 9.17) is 21.1 Å². The van der Waals surface area contributed by atoms with Crippen LogP contribution in [-0.2, 0) is 6.61 Å². The molecule has 0 saturated carbocycles. The molecule has 166 valence electrons. The molecule has 5 nitrogen and oxygen atoms in total. The van der Waals surface area contributed by atoms with E-state index in [0.717, 1.165) is 20.3 Å². The number of carbonyl (C=O) groups is 1. The first-order valence-electron chi connectivity index (χ1n) is 9.80. The van der Waals surface area contributed by atoms with Gasteiger partial charge in [0.2, 0.25) is 0 Å².